The third-order valence-corrected chi connectivity index (χ3v) is 8.09. The molecule has 1 aliphatic heterocycles. The van der Waals surface area contributed by atoms with E-state index < -0.39 is 10.0 Å². The van der Waals surface area contributed by atoms with Gasteiger partial charge in [-0.1, -0.05) is 13.0 Å². The van der Waals surface area contributed by atoms with Gasteiger partial charge in [0.1, 0.15) is 5.75 Å². The third-order valence-electron chi connectivity index (χ3n) is 6.19. The van der Waals surface area contributed by atoms with Crippen molar-refractivity contribution in [2.75, 3.05) is 18.4 Å². The Morgan fingerprint density at radius 3 is 2.35 bits per heavy atom. The molecule has 0 radical (unpaired) electrons. The molecule has 2 fully saturated rings. The Morgan fingerprint density at radius 2 is 1.68 bits per heavy atom. The molecule has 1 saturated carbocycles. The summed E-state index contributed by atoms with van der Waals surface area (Å²) in [6.45, 7) is 3.19. The fraction of sp³-hybridized carbons (Fsp3) is 0.458. The largest absolute Gasteiger partial charge is 0.490 e. The lowest BCUT2D eigenvalue weighted by Crippen LogP contribution is -2.37. The van der Waals surface area contributed by atoms with Gasteiger partial charge in [-0.25, -0.2) is 8.42 Å². The van der Waals surface area contributed by atoms with Crippen LogP contribution in [0.15, 0.2) is 53.4 Å². The molecular formula is C24H30N2O4S. The van der Waals surface area contributed by atoms with Crippen LogP contribution in [0.4, 0.5) is 5.69 Å². The maximum Gasteiger partial charge on any atom is 0.255 e. The summed E-state index contributed by atoms with van der Waals surface area (Å²) in [7, 11) is -3.59. The molecule has 31 heavy (non-hydrogen) atoms. The van der Waals surface area contributed by atoms with Crippen LogP contribution in [-0.2, 0) is 10.0 Å². The van der Waals surface area contributed by atoms with Gasteiger partial charge in [-0.15, -0.1) is 0 Å². The highest BCUT2D eigenvalue weighted by Crippen LogP contribution is 2.26. The minimum atomic E-state index is -3.59. The molecule has 7 heteroatoms. The van der Waals surface area contributed by atoms with Gasteiger partial charge < -0.3 is 10.1 Å². The summed E-state index contributed by atoms with van der Waals surface area (Å²) in [4.78, 5) is 12.9. The molecule has 6 nitrogen and oxygen atoms in total. The summed E-state index contributed by atoms with van der Waals surface area (Å²) in [5.74, 6) is 1.00. The Kier molecular flexibility index (Phi) is 6.62. The van der Waals surface area contributed by atoms with E-state index in [4.69, 9.17) is 4.74 Å². The van der Waals surface area contributed by atoms with E-state index in [0.717, 1.165) is 31.4 Å². The molecular weight excluding hydrogens is 412 g/mol. The van der Waals surface area contributed by atoms with Crippen LogP contribution in [0, 0.1) is 5.92 Å². The van der Waals surface area contributed by atoms with Gasteiger partial charge in [0, 0.05) is 24.3 Å². The number of anilines is 1. The van der Waals surface area contributed by atoms with Gasteiger partial charge in [0.05, 0.1) is 11.0 Å². The summed E-state index contributed by atoms with van der Waals surface area (Å²) < 4.78 is 33.4. The summed E-state index contributed by atoms with van der Waals surface area (Å²) >= 11 is 0. The van der Waals surface area contributed by atoms with Crippen molar-refractivity contribution in [2.45, 2.75) is 56.4 Å². The second kappa shape index (κ2) is 9.40. The van der Waals surface area contributed by atoms with Gasteiger partial charge in [0.15, 0.2) is 0 Å². The van der Waals surface area contributed by atoms with Gasteiger partial charge in [-0.3, -0.25) is 4.79 Å². The zero-order valence-corrected chi connectivity index (χ0v) is 18.7. The summed E-state index contributed by atoms with van der Waals surface area (Å²) in [5.41, 5.74) is 0.958. The first-order chi connectivity index (χ1) is 14.9. The minimum Gasteiger partial charge on any atom is -0.490 e. The fourth-order valence-corrected chi connectivity index (χ4v) is 5.71. The second-order valence-electron chi connectivity index (χ2n) is 8.62. The van der Waals surface area contributed by atoms with Crippen LogP contribution in [0.3, 0.4) is 0 Å². The number of nitrogens with zero attached hydrogens (tertiary/aromatic N) is 1. The third kappa shape index (κ3) is 5.28. The van der Waals surface area contributed by atoms with Crippen LogP contribution >= 0.6 is 0 Å². The Hall–Kier alpha value is -2.38. The van der Waals surface area contributed by atoms with E-state index in [1.165, 1.54) is 23.2 Å². The van der Waals surface area contributed by atoms with Gasteiger partial charge in [-0.05, 0) is 86.9 Å². The van der Waals surface area contributed by atoms with E-state index in [1.54, 1.807) is 30.3 Å². The summed E-state index contributed by atoms with van der Waals surface area (Å²) in [5, 5.41) is 2.84. The Morgan fingerprint density at radius 1 is 1.00 bits per heavy atom. The van der Waals surface area contributed by atoms with Crippen molar-refractivity contribution in [2.24, 2.45) is 5.92 Å². The van der Waals surface area contributed by atoms with E-state index in [-0.39, 0.29) is 16.9 Å². The van der Waals surface area contributed by atoms with Gasteiger partial charge in [-0.2, -0.15) is 4.31 Å². The maximum absolute atomic E-state index is 13.0. The van der Waals surface area contributed by atoms with Crippen LogP contribution in [0.2, 0.25) is 0 Å². The monoisotopic (exact) mass is 442 g/mol. The number of ether oxygens (including phenoxy) is 1. The lowest BCUT2D eigenvalue weighted by atomic mass is 10.0. The lowest BCUT2D eigenvalue weighted by molar-refractivity contribution is 0.102. The molecule has 4 rings (SSSR count). The van der Waals surface area contributed by atoms with Gasteiger partial charge >= 0.3 is 0 Å². The molecule has 1 aliphatic carbocycles. The second-order valence-corrected chi connectivity index (χ2v) is 10.6. The standard InChI is InChI=1S/C24H30N2O4S/c1-18-13-15-26(16-14-18)31(28,29)23-8-4-5-19(17-23)24(27)25-20-9-11-22(12-10-20)30-21-6-2-3-7-21/h4-5,8-12,17-18,21H,2-3,6-7,13-16H2,1H3,(H,25,27). The molecule has 1 N–H and O–H groups in total. The first-order valence-corrected chi connectivity index (χ1v) is 12.5. The number of piperidine rings is 1. The fourth-order valence-electron chi connectivity index (χ4n) is 4.19. The minimum absolute atomic E-state index is 0.162. The van der Waals surface area contributed by atoms with Gasteiger partial charge in [0.25, 0.3) is 5.91 Å². The van der Waals surface area contributed by atoms with Crippen LogP contribution < -0.4 is 10.1 Å². The zero-order chi connectivity index (χ0) is 21.8. The molecule has 0 atom stereocenters. The highest BCUT2D eigenvalue weighted by Gasteiger charge is 2.28. The number of nitrogens with one attached hydrogen (secondary N) is 1. The first-order valence-electron chi connectivity index (χ1n) is 11.1. The van der Waals surface area contributed by atoms with Crippen molar-refractivity contribution in [3.63, 3.8) is 0 Å². The first kappa shape index (κ1) is 21.8. The number of hydrogen-bond donors (Lipinski definition) is 1. The average molecular weight is 443 g/mol. The van der Waals surface area contributed by atoms with Gasteiger partial charge in [0.2, 0.25) is 10.0 Å². The summed E-state index contributed by atoms with van der Waals surface area (Å²) in [6, 6.07) is 13.6. The molecule has 1 amide bonds. The number of sulfonamides is 1. The van der Waals surface area contributed by atoms with Crippen molar-refractivity contribution >= 4 is 21.6 Å². The molecule has 2 aromatic carbocycles. The quantitative estimate of drug-likeness (QED) is 0.705. The SMILES string of the molecule is CC1CCN(S(=O)(=O)c2cccc(C(=O)Nc3ccc(OC4CCCC4)cc3)c2)CC1. The molecule has 0 unspecified atom stereocenters. The van der Waals surface area contributed by atoms with Crippen molar-refractivity contribution < 1.29 is 17.9 Å². The van der Waals surface area contributed by atoms with Crippen molar-refractivity contribution in [1.29, 1.82) is 0 Å². The number of carbonyl (C=O) groups is 1. The molecule has 2 aromatic rings. The number of carbonyl (C=O) groups excluding carboxylic acids is 1. The van der Waals surface area contributed by atoms with Crippen LogP contribution in [0.1, 0.15) is 55.8 Å². The normalized spacial score (nSPS) is 18.7. The van der Waals surface area contributed by atoms with E-state index >= 15 is 0 Å². The van der Waals surface area contributed by atoms with Crippen LogP contribution in [0.5, 0.6) is 5.75 Å². The molecule has 166 valence electrons. The zero-order valence-electron chi connectivity index (χ0n) is 17.9. The molecule has 1 heterocycles. The number of rotatable bonds is 6. The number of hydrogen-bond acceptors (Lipinski definition) is 4. The number of amides is 1. The molecule has 2 aliphatic rings. The average Bonchev–Trinajstić information content (AvgIpc) is 3.28. The highest BCUT2D eigenvalue weighted by molar-refractivity contribution is 7.89. The predicted octanol–water partition coefficient (Wildman–Crippen LogP) is 4.68. The van der Waals surface area contributed by atoms with E-state index in [0.29, 0.717) is 30.3 Å². The van der Waals surface area contributed by atoms with E-state index in [1.807, 2.05) is 12.1 Å². The van der Waals surface area contributed by atoms with Crippen molar-refractivity contribution in [3.8, 4) is 5.75 Å². The smallest absolute Gasteiger partial charge is 0.255 e. The summed E-state index contributed by atoms with van der Waals surface area (Å²) in [6.07, 6.45) is 6.62. The predicted molar refractivity (Wildman–Crippen MR) is 121 cm³/mol. The van der Waals surface area contributed by atoms with Crippen molar-refractivity contribution in [3.05, 3.63) is 54.1 Å². The van der Waals surface area contributed by atoms with E-state index in [9.17, 15) is 13.2 Å². The molecule has 0 spiro atoms. The Labute approximate surface area is 184 Å². The molecule has 0 bridgehead atoms. The van der Waals surface area contributed by atoms with Crippen molar-refractivity contribution in [1.82, 2.24) is 4.31 Å². The Bertz CT molecular complexity index is 1010. The van der Waals surface area contributed by atoms with E-state index in [2.05, 4.69) is 12.2 Å². The topological polar surface area (TPSA) is 75.7 Å². The Balaban J connectivity index is 1.42. The highest BCUT2D eigenvalue weighted by atomic mass is 32.2. The maximum atomic E-state index is 13.0. The molecule has 0 aromatic heterocycles. The van der Waals surface area contributed by atoms with Crippen LogP contribution in [-0.4, -0.2) is 37.8 Å². The molecule has 1 saturated heterocycles. The lowest BCUT2D eigenvalue weighted by Gasteiger charge is -2.29. The van der Waals surface area contributed by atoms with Crippen LogP contribution in [0.25, 0.3) is 0 Å². The number of benzene rings is 2.